The van der Waals surface area contributed by atoms with Gasteiger partial charge in [0.2, 0.25) is 9.84 Å². The van der Waals surface area contributed by atoms with Crippen LogP contribution in [0.15, 0.2) is 49.1 Å². The molecule has 0 aliphatic heterocycles. The van der Waals surface area contributed by atoms with Crippen LogP contribution in [0.4, 0.5) is 11.4 Å². The van der Waals surface area contributed by atoms with E-state index in [0.717, 1.165) is 6.42 Å². The topological polar surface area (TPSA) is 72.6 Å². The fourth-order valence-corrected chi connectivity index (χ4v) is 5.94. The maximum atomic E-state index is 13.7. The van der Waals surface area contributed by atoms with Crippen molar-refractivity contribution in [2.24, 2.45) is 0 Å². The number of halogens is 2. The predicted octanol–water partition coefficient (Wildman–Crippen LogP) is 5.26. The first kappa shape index (κ1) is 22.0. The fourth-order valence-electron chi connectivity index (χ4n) is 2.77. The van der Waals surface area contributed by atoms with Gasteiger partial charge in [-0.15, -0.1) is 0 Å². The fraction of sp³-hybridized carbons (Fsp3) is 0.368. The van der Waals surface area contributed by atoms with E-state index < -0.39 is 9.84 Å². The van der Waals surface area contributed by atoms with Gasteiger partial charge in [-0.2, -0.15) is 0 Å². The molecule has 148 valence electrons. The van der Waals surface area contributed by atoms with Crippen LogP contribution in [0.3, 0.4) is 0 Å². The number of anilines is 2. The summed E-state index contributed by atoms with van der Waals surface area (Å²) in [4.78, 5) is 2.33. The van der Waals surface area contributed by atoms with Gasteiger partial charge in [0.05, 0.1) is 17.2 Å². The molecule has 0 radical (unpaired) electrons. The van der Waals surface area contributed by atoms with Crippen LogP contribution in [0, 0.1) is 0 Å². The van der Waals surface area contributed by atoms with Crippen molar-refractivity contribution in [2.75, 3.05) is 30.3 Å². The Morgan fingerprint density at radius 1 is 1.07 bits per heavy atom. The van der Waals surface area contributed by atoms with Crippen molar-refractivity contribution in [1.82, 2.24) is 0 Å². The first-order valence-corrected chi connectivity index (χ1v) is 11.8. The standard InChI is InChI=1S/C19H24Br2N2O3S/c1-4-10-26-17-9-7-8-16(23(5-2)6-3)19(17)27(24,25)18-12-13(20)15(22)11-14(18)21/h7-9,11-12H,4-6,10,22H2,1-3H3. The van der Waals surface area contributed by atoms with Gasteiger partial charge < -0.3 is 15.4 Å². The van der Waals surface area contributed by atoms with E-state index in [4.69, 9.17) is 10.5 Å². The Morgan fingerprint density at radius 2 is 1.74 bits per heavy atom. The van der Waals surface area contributed by atoms with Crippen LogP contribution >= 0.6 is 31.9 Å². The minimum Gasteiger partial charge on any atom is -0.492 e. The van der Waals surface area contributed by atoms with Gasteiger partial charge in [-0.05, 0) is 76.4 Å². The van der Waals surface area contributed by atoms with Crippen LogP contribution in [0.2, 0.25) is 0 Å². The summed E-state index contributed by atoms with van der Waals surface area (Å²) >= 11 is 6.68. The lowest BCUT2D eigenvalue weighted by atomic mass is 10.2. The molecule has 0 spiro atoms. The van der Waals surface area contributed by atoms with Crippen LogP contribution < -0.4 is 15.4 Å². The number of benzene rings is 2. The van der Waals surface area contributed by atoms with Crippen molar-refractivity contribution in [2.45, 2.75) is 37.0 Å². The maximum Gasteiger partial charge on any atom is 0.213 e. The minimum absolute atomic E-state index is 0.143. The Morgan fingerprint density at radius 3 is 2.33 bits per heavy atom. The molecule has 0 bridgehead atoms. The number of nitrogens with zero attached hydrogens (tertiary/aromatic N) is 1. The van der Waals surface area contributed by atoms with Crippen molar-refractivity contribution in [3.05, 3.63) is 39.3 Å². The highest BCUT2D eigenvalue weighted by Crippen LogP contribution is 2.41. The van der Waals surface area contributed by atoms with E-state index in [1.54, 1.807) is 12.1 Å². The molecule has 2 aromatic carbocycles. The molecule has 8 heteroatoms. The van der Waals surface area contributed by atoms with Crippen LogP contribution in [0.1, 0.15) is 27.2 Å². The molecular weight excluding hydrogens is 496 g/mol. The number of hydrogen-bond acceptors (Lipinski definition) is 5. The summed E-state index contributed by atoms with van der Waals surface area (Å²) in [6.45, 7) is 7.78. The highest BCUT2D eigenvalue weighted by Gasteiger charge is 2.30. The average Bonchev–Trinajstić information content (AvgIpc) is 2.63. The summed E-state index contributed by atoms with van der Waals surface area (Å²) < 4.78 is 34.1. The Labute approximate surface area is 178 Å². The van der Waals surface area contributed by atoms with Crippen molar-refractivity contribution in [3.63, 3.8) is 0 Å². The summed E-state index contributed by atoms with van der Waals surface area (Å²) in [7, 11) is -3.86. The summed E-state index contributed by atoms with van der Waals surface area (Å²) in [5.74, 6) is 0.362. The second kappa shape index (κ2) is 9.30. The third-order valence-electron chi connectivity index (χ3n) is 4.13. The van der Waals surface area contributed by atoms with E-state index in [2.05, 4.69) is 31.9 Å². The van der Waals surface area contributed by atoms with Gasteiger partial charge in [-0.3, -0.25) is 0 Å². The van der Waals surface area contributed by atoms with Gasteiger partial charge in [0.1, 0.15) is 10.6 Å². The zero-order valence-electron chi connectivity index (χ0n) is 15.6. The number of hydrogen-bond donors (Lipinski definition) is 1. The first-order chi connectivity index (χ1) is 12.8. The molecule has 0 heterocycles. The normalized spacial score (nSPS) is 11.4. The SMILES string of the molecule is CCCOc1cccc(N(CC)CC)c1S(=O)(=O)c1cc(Br)c(N)cc1Br. The van der Waals surface area contributed by atoms with E-state index in [1.807, 2.05) is 37.8 Å². The van der Waals surface area contributed by atoms with E-state index in [0.29, 0.717) is 45.8 Å². The first-order valence-electron chi connectivity index (χ1n) is 8.78. The molecule has 0 aliphatic carbocycles. The monoisotopic (exact) mass is 518 g/mol. The molecule has 0 atom stereocenters. The molecule has 0 fully saturated rings. The molecule has 27 heavy (non-hydrogen) atoms. The lowest BCUT2D eigenvalue weighted by Gasteiger charge is -2.25. The zero-order chi connectivity index (χ0) is 20.2. The number of ether oxygens (including phenoxy) is 1. The number of nitrogen functional groups attached to an aromatic ring is 1. The number of nitrogens with two attached hydrogens (primary N) is 1. The molecule has 0 amide bonds. The molecule has 0 unspecified atom stereocenters. The molecular formula is C19H24Br2N2O3S. The maximum absolute atomic E-state index is 13.7. The number of sulfone groups is 1. The van der Waals surface area contributed by atoms with Gasteiger partial charge in [-0.1, -0.05) is 13.0 Å². The molecule has 2 N–H and O–H groups in total. The Kier molecular flexibility index (Phi) is 7.59. The molecule has 0 saturated carbocycles. The summed E-state index contributed by atoms with van der Waals surface area (Å²) in [6.07, 6.45) is 0.784. The molecule has 2 aromatic rings. The van der Waals surface area contributed by atoms with Crippen LogP contribution in [0.25, 0.3) is 0 Å². The average molecular weight is 520 g/mol. The zero-order valence-corrected chi connectivity index (χ0v) is 19.6. The third kappa shape index (κ3) is 4.60. The smallest absolute Gasteiger partial charge is 0.213 e. The summed E-state index contributed by atoms with van der Waals surface area (Å²) in [5, 5.41) is 0. The van der Waals surface area contributed by atoms with Gasteiger partial charge in [0.25, 0.3) is 0 Å². The van der Waals surface area contributed by atoms with E-state index >= 15 is 0 Å². The summed E-state index contributed by atoms with van der Waals surface area (Å²) in [6, 6.07) is 8.46. The Bertz CT molecular complexity index is 913. The molecule has 0 saturated heterocycles. The predicted molar refractivity (Wildman–Crippen MR) is 117 cm³/mol. The largest absolute Gasteiger partial charge is 0.492 e. The Hall–Kier alpha value is -1.25. The van der Waals surface area contributed by atoms with Crippen molar-refractivity contribution in [3.8, 4) is 5.75 Å². The van der Waals surface area contributed by atoms with Gasteiger partial charge in [-0.25, -0.2) is 8.42 Å². The highest BCUT2D eigenvalue weighted by molar-refractivity contribution is 9.11. The van der Waals surface area contributed by atoms with Crippen molar-refractivity contribution < 1.29 is 13.2 Å². The van der Waals surface area contributed by atoms with Crippen molar-refractivity contribution in [1.29, 1.82) is 0 Å². The molecule has 2 rings (SSSR count). The van der Waals surface area contributed by atoms with Crippen LogP contribution in [-0.4, -0.2) is 28.1 Å². The highest BCUT2D eigenvalue weighted by atomic mass is 79.9. The van der Waals surface area contributed by atoms with E-state index in [9.17, 15) is 8.42 Å². The lowest BCUT2D eigenvalue weighted by Crippen LogP contribution is -2.24. The quantitative estimate of drug-likeness (QED) is 0.481. The van der Waals surface area contributed by atoms with Gasteiger partial charge >= 0.3 is 0 Å². The molecule has 0 aliphatic rings. The second-order valence-electron chi connectivity index (χ2n) is 5.93. The van der Waals surface area contributed by atoms with E-state index in [-0.39, 0.29) is 9.79 Å². The van der Waals surface area contributed by atoms with Gasteiger partial charge in [0.15, 0.2) is 0 Å². The molecule has 0 aromatic heterocycles. The third-order valence-corrected chi connectivity index (χ3v) is 7.60. The second-order valence-corrected chi connectivity index (χ2v) is 9.50. The van der Waals surface area contributed by atoms with E-state index in [1.165, 1.54) is 6.07 Å². The Balaban J connectivity index is 2.79. The minimum atomic E-state index is -3.86. The van der Waals surface area contributed by atoms with Crippen LogP contribution in [0.5, 0.6) is 5.75 Å². The van der Waals surface area contributed by atoms with Crippen molar-refractivity contribution >= 4 is 53.1 Å². The van der Waals surface area contributed by atoms with Crippen LogP contribution in [-0.2, 0) is 9.84 Å². The lowest BCUT2D eigenvalue weighted by molar-refractivity contribution is 0.309. The molecule has 5 nitrogen and oxygen atoms in total. The number of rotatable bonds is 8. The van der Waals surface area contributed by atoms with Gasteiger partial charge in [0, 0.05) is 27.7 Å². The summed E-state index contributed by atoms with van der Waals surface area (Å²) in [5.41, 5.74) is 6.98.